The zero-order valence-electron chi connectivity index (χ0n) is 19.1. The van der Waals surface area contributed by atoms with Gasteiger partial charge in [-0.15, -0.1) is 0 Å². The van der Waals surface area contributed by atoms with Crippen LogP contribution in [0.1, 0.15) is 42.9 Å². The maximum Gasteiger partial charge on any atom is 0.223 e. The summed E-state index contributed by atoms with van der Waals surface area (Å²) in [6, 6.07) is 16.1. The number of hydrogen-bond donors (Lipinski definition) is 1. The molecule has 0 spiro atoms. The van der Waals surface area contributed by atoms with E-state index in [-0.39, 0.29) is 11.8 Å². The zero-order valence-corrected chi connectivity index (χ0v) is 19.1. The highest BCUT2D eigenvalue weighted by Gasteiger charge is 2.66. The first-order chi connectivity index (χ1) is 15.3. The number of hydrogen-bond acceptors (Lipinski definition) is 4. The standard InChI is InChI=1S/C26H32N2O4/c1-19-5-4-6-22(15-19)16-32-26(13-14-26)25(27-20(2)29)17-28(18-25)24(30)12-9-21-7-10-23(31-3)11-8-21/h4-8,10-11,15H,9,12-14,16-18H2,1-3H3,(H,27,29). The lowest BCUT2D eigenvalue weighted by Crippen LogP contribution is -2.77. The topological polar surface area (TPSA) is 67.9 Å². The third kappa shape index (κ3) is 4.65. The fourth-order valence-corrected chi connectivity index (χ4v) is 4.70. The molecule has 0 aromatic heterocycles. The highest BCUT2D eigenvalue weighted by atomic mass is 16.5. The van der Waals surface area contributed by atoms with Crippen LogP contribution in [0.4, 0.5) is 0 Å². The molecule has 2 aromatic rings. The van der Waals surface area contributed by atoms with Gasteiger partial charge in [0.05, 0.1) is 19.3 Å². The largest absolute Gasteiger partial charge is 0.497 e. The molecule has 4 rings (SSSR count). The molecule has 0 unspecified atom stereocenters. The molecule has 1 heterocycles. The number of aryl methyl sites for hydroxylation is 2. The van der Waals surface area contributed by atoms with Gasteiger partial charge in [0, 0.05) is 26.4 Å². The third-order valence-electron chi connectivity index (χ3n) is 6.65. The summed E-state index contributed by atoms with van der Waals surface area (Å²) in [6.45, 7) is 5.11. The predicted octanol–water partition coefficient (Wildman–Crippen LogP) is 3.40. The summed E-state index contributed by atoms with van der Waals surface area (Å²) in [5.74, 6) is 0.834. The van der Waals surface area contributed by atoms with Gasteiger partial charge in [-0.25, -0.2) is 0 Å². The number of amides is 2. The highest BCUT2D eigenvalue weighted by Crippen LogP contribution is 2.52. The van der Waals surface area contributed by atoms with Gasteiger partial charge in [0.15, 0.2) is 0 Å². The van der Waals surface area contributed by atoms with Crippen molar-refractivity contribution in [2.75, 3.05) is 20.2 Å². The van der Waals surface area contributed by atoms with Crippen LogP contribution >= 0.6 is 0 Å². The minimum atomic E-state index is -0.502. The Hall–Kier alpha value is -2.86. The molecule has 1 aliphatic carbocycles. The van der Waals surface area contributed by atoms with Gasteiger partial charge in [0.1, 0.15) is 11.3 Å². The summed E-state index contributed by atoms with van der Waals surface area (Å²) >= 11 is 0. The molecule has 1 saturated carbocycles. The summed E-state index contributed by atoms with van der Waals surface area (Å²) < 4.78 is 11.6. The first-order valence-corrected chi connectivity index (χ1v) is 11.2. The Balaban J connectivity index is 1.36. The molecule has 2 aliphatic rings. The second kappa shape index (κ2) is 8.94. The van der Waals surface area contributed by atoms with Crippen LogP contribution in [0.25, 0.3) is 0 Å². The van der Waals surface area contributed by atoms with Crippen LogP contribution in [-0.2, 0) is 27.4 Å². The van der Waals surface area contributed by atoms with E-state index in [0.29, 0.717) is 32.5 Å². The predicted molar refractivity (Wildman–Crippen MR) is 122 cm³/mol. The van der Waals surface area contributed by atoms with Crippen molar-refractivity contribution in [2.24, 2.45) is 0 Å². The van der Waals surface area contributed by atoms with Crippen LogP contribution in [0.3, 0.4) is 0 Å². The van der Waals surface area contributed by atoms with E-state index in [1.54, 1.807) is 7.11 Å². The van der Waals surface area contributed by atoms with Crippen molar-refractivity contribution in [2.45, 2.75) is 57.3 Å². The normalized spacial score (nSPS) is 17.9. The molecular formula is C26H32N2O4. The van der Waals surface area contributed by atoms with Crippen LogP contribution in [0, 0.1) is 6.92 Å². The second-order valence-corrected chi connectivity index (χ2v) is 9.13. The van der Waals surface area contributed by atoms with Crippen molar-refractivity contribution < 1.29 is 19.1 Å². The molecule has 0 bridgehead atoms. The molecule has 6 nitrogen and oxygen atoms in total. The van der Waals surface area contributed by atoms with Crippen molar-refractivity contribution in [1.82, 2.24) is 10.2 Å². The summed E-state index contributed by atoms with van der Waals surface area (Å²) in [7, 11) is 1.64. The molecule has 2 amide bonds. The van der Waals surface area contributed by atoms with Crippen molar-refractivity contribution >= 4 is 11.8 Å². The van der Waals surface area contributed by atoms with Crippen molar-refractivity contribution in [3.63, 3.8) is 0 Å². The van der Waals surface area contributed by atoms with Gasteiger partial charge in [-0.05, 0) is 49.4 Å². The SMILES string of the molecule is COc1ccc(CCC(=O)N2CC(NC(C)=O)(C3(OCc4cccc(C)c4)CC3)C2)cc1. The van der Waals surface area contributed by atoms with Gasteiger partial charge < -0.3 is 19.7 Å². The molecule has 1 aliphatic heterocycles. The van der Waals surface area contributed by atoms with E-state index in [1.165, 1.54) is 12.5 Å². The molecule has 0 atom stereocenters. The van der Waals surface area contributed by atoms with Gasteiger partial charge in [-0.1, -0.05) is 42.0 Å². The second-order valence-electron chi connectivity index (χ2n) is 9.13. The Bertz CT molecular complexity index is 976. The van der Waals surface area contributed by atoms with Crippen LogP contribution < -0.4 is 10.1 Å². The summed E-state index contributed by atoms with van der Waals surface area (Å²) in [6.07, 6.45) is 2.92. The molecule has 170 valence electrons. The van der Waals surface area contributed by atoms with Crippen LogP contribution in [0.2, 0.25) is 0 Å². The number of carbonyl (C=O) groups excluding carboxylic acids is 2. The number of likely N-dealkylation sites (tertiary alicyclic amines) is 1. The first-order valence-electron chi connectivity index (χ1n) is 11.2. The van der Waals surface area contributed by atoms with Crippen LogP contribution in [0.5, 0.6) is 5.75 Å². The van der Waals surface area contributed by atoms with Gasteiger partial charge in [-0.3, -0.25) is 9.59 Å². The van der Waals surface area contributed by atoms with E-state index < -0.39 is 11.1 Å². The molecule has 32 heavy (non-hydrogen) atoms. The van der Waals surface area contributed by atoms with Gasteiger partial charge in [0.2, 0.25) is 11.8 Å². The van der Waals surface area contributed by atoms with Crippen LogP contribution in [-0.4, -0.2) is 48.1 Å². The molecule has 6 heteroatoms. The number of carbonyl (C=O) groups is 2. The fourth-order valence-electron chi connectivity index (χ4n) is 4.70. The summed E-state index contributed by atoms with van der Waals surface area (Å²) in [5, 5.41) is 3.14. The van der Waals surface area contributed by atoms with E-state index in [4.69, 9.17) is 9.47 Å². The lowest BCUT2D eigenvalue weighted by atomic mass is 9.80. The van der Waals surface area contributed by atoms with E-state index in [1.807, 2.05) is 35.2 Å². The van der Waals surface area contributed by atoms with Crippen LogP contribution in [0.15, 0.2) is 48.5 Å². The Morgan fingerprint density at radius 3 is 2.38 bits per heavy atom. The van der Waals surface area contributed by atoms with Crippen molar-refractivity contribution in [1.29, 1.82) is 0 Å². The van der Waals surface area contributed by atoms with E-state index >= 15 is 0 Å². The lowest BCUT2D eigenvalue weighted by Gasteiger charge is -2.54. The van der Waals surface area contributed by atoms with E-state index in [0.717, 1.165) is 29.7 Å². The average Bonchev–Trinajstić information content (AvgIpc) is 3.54. The molecule has 2 fully saturated rings. The fraction of sp³-hybridized carbons (Fsp3) is 0.462. The lowest BCUT2D eigenvalue weighted by molar-refractivity contribution is -0.157. The Morgan fingerprint density at radius 1 is 1.06 bits per heavy atom. The monoisotopic (exact) mass is 436 g/mol. The molecule has 2 aromatic carbocycles. The number of nitrogens with zero attached hydrogens (tertiary/aromatic N) is 1. The minimum Gasteiger partial charge on any atom is -0.497 e. The summed E-state index contributed by atoms with van der Waals surface area (Å²) in [5.41, 5.74) is 2.53. The average molecular weight is 437 g/mol. The number of nitrogens with one attached hydrogen (secondary N) is 1. The smallest absolute Gasteiger partial charge is 0.223 e. The minimum absolute atomic E-state index is 0.0826. The zero-order chi connectivity index (χ0) is 22.8. The highest BCUT2D eigenvalue weighted by molar-refractivity contribution is 5.80. The maximum absolute atomic E-state index is 12.8. The third-order valence-corrected chi connectivity index (χ3v) is 6.65. The van der Waals surface area contributed by atoms with E-state index in [9.17, 15) is 9.59 Å². The summed E-state index contributed by atoms with van der Waals surface area (Å²) in [4.78, 5) is 26.7. The quantitative estimate of drug-likeness (QED) is 0.654. The van der Waals surface area contributed by atoms with Gasteiger partial charge in [0.25, 0.3) is 0 Å². The Labute approximate surface area is 189 Å². The maximum atomic E-state index is 12.8. The van der Waals surface area contributed by atoms with E-state index in [2.05, 4.69) is 30.4 Å². The number of rotatable bonds is 9. The first kappa shape index (κ1) is 22.3. The van der Waals surface area contributed by atoms with Crippen molar-refractivity contribution in [3.05, 3.63) is 65.2 Å². The Kier molecular flexibility index (Phi) is 6.24. The van der Waals surface area contributed by atoms with Gasteiger partial charge in [-0.2, -0.15) is 0 Å². The molecular weight excluding hydrogens is 404 g/mol. The van der Waals surface area contributed by atoms with Crippen molar-refractivity contribution in [3.8, 4) is 5.75 Å². The molecule has 1 saturated heterocycles. The molecule has 1 N–H and O–H groups in total. The number of benzene rings is 2. The Morgan fingerprint density at radius 2 is 1.78 bits per heavy atom. The van der Waals surface area contributed by atoms with Gasteiger partial charge >= 0.3 is 0 Å². The number of ether oxygens (including phenoxy) is 2. The molecule has 0 radical (unpaired) electrons. The number of methoxy groups -OCH3 is 1.